The normalized spacial score (nSPS) is 19.1. The molecule has 2 N–H and O–H groups in total. The van der Waals surface area contributed by atoms with Gasteiger partial charge in [0.1, 0.15) is 5.82 Å². The maximum absolute atomic E-state index is 13.7. The van der Waals surface area contributed by atoms with Gasteiger partial charge in [0.05, 0.1) is 5.69 Å². The van der Waals surface area contributed by atoms with Gasteiger partial charge in [0.25, 0.3) is 0 Å². The second kappa shape index (κ2) is 5.69. The van der Waals surface area contributed by atoms with Gasteiger partial charge in [0, 0.05) is 19.5 Å². The number of urea groups is 1. The third-order valence-corrected chi connectivity index (χ3v) is 3.14. The van der Waals surface area contributed by atoms with Crippen LogP contribution in [0.15, 0.2) is 24.3 Å². The van der Waals surface area contributed by atoms with E-state index in [1.807, 2.05) is 0 Å². The Hall–Kier alpha value is -2.11. The number of para-hydroxylation sites is 1. The van der Waals surface area contributed by atoms with E-state index in [4.69, 9.17) is 5.11 Å². The Morgan fingerprint density at radius 2 is 2.21 bits per heavy atom. The van der Waals surface area contributed by atoms with Crippen LogP contribution >= 0.6 is 0 Å². The summed E-state index contributed by atoms with van der Waals surface area (Å²) >= 11 is 0. The molecule has 0 aromatic heterocycles. The van der Waals surface area contributed by atoms with Gasteiger partial charge in [-0.25, -0.2) is 9.18 Å². The van der Waals surface area contributed by atoms with Crippen LogP contribution in [0.5, 0.6) is 0 Å². The van der Waals surface area contributed by atoms with Crippen LogP contribution in [0.4, 0.5) is 14.9 Å². The molecule has 1 aromatic rings. The minimum Gasteiger partial charge on any atom is -0.481 e. The van der Waals surface area contributed by atoms with Crippen molar-refractivity contribution in [1.29, 1.82) is 0 Å². The molecule has 1 unspecified atom stereocenters. The molecule has 0 radical (unpaired) electrons. The smallest absolute Gasteiger partial charge is 0.321 e. The number of hydrogen-bond acceptors (Lipinski definition) is 2. The summed E-state index contributed by atoms with van der Waals surface area (Å²) in [5.74, 6) is -1.32. The van der Waals surface area contributed by atoms with Gasteiger partial charge in [-0.05, 0) is 24.5 Å². The fraction of sp³-hybridized carbons (Fsp3) is 0.385. The van der Waals surface area contributed by atoms with Crippen LogP contribution in [-0.2, 0) is 4.79 Å². The van der Waals surface area contributed by atoms with Crippen LogP contribution < -0.4 is 10.2 Å². The Morgan fingerprint density at radius 1 is 1.47 bits per heavy atom. The summed E-state index contributed by atoms with van der Waals surface area (Å²) in [5.41, 5.74) is 0.222. The van der Waals surface area contributed by atoms with Gasteiger partial charge in [-0.2, -0.15) is 0 Å². The maximum Gasteiger partial charge on any atom is 0.321 e. The zero-order chi connectivity index (χ0) is 13.8. The predicted molar refractivity (Wildman–Crippen MR) is 67.5 cm³/mol. The zero-order valence-electron chi connectivity index (χ0n) is 10.3. The lowest BCUT2D eigenvalue weighted by molar-refractivity contribution is -0.137. The third-order valence-electron chi connectivity index (χ3n) is 3.14. The molecule has 0 bridgehead atoms. The van der Waals surface area contributed by atoms with Crippen molar-refractivity contribution in [2.45, 2.75) is 12.8 Å². The molecule has 2 amide bonds. The fourth-order valence-electron chi connectivity index (χ4n) is 2.13. The molecule has 1 atom stereocenters. The van der Waals surface area contributed by atoms with Crippen LogP contribution in [0.2, 0.25) is 0 Å². The van der Waals surface area contributed by atoms with Gasteiger partial charge >= 0.3 is 12.0 Å². The molecule has 1 aliphatic rings. The number of anilines is 1. The van der Waals surface area contributed by atoms with Crippen molar-refractivity contribution < 1.29 is 19.1 Å². The largest absolute Gasteiger partial charge is 0.481 e. The standard InChI is InChI=1S/C13H15FN2O3/c14-10-3-1-2-4-11(10)16-8-9(5-6-12(17)18)7-15-13(16)19/h1-4,9H,5-8H2,(H,15,19)(H,17,18). The van der Waals surface area contributed by atoms with Gasteiger partial charge in [-0.3, -0.25) is 9.69 Å². The van der Waals surface area contributed by atoms with Crippen molar-refractivity contribution in [1.82, 2.24) is 5.32 Å². The van der Waals surface area contributed by atoms with Crippen molar-refractivity contribution in [2.75, 3.05) is 18.0 Å². The Bertz CT molecular complexity index is 493. The Morgan fingerprint density at radius 3 is 2.89 bits per heavy atom. The van der Waals surface area contributed by atoms with E-state index in [2.05, 4.69) is 5.32 Å². The third kappa shape index (κ3) is 3.21. The summed E-state index contributed by atoms with van der Waals surface area (Å²) in [6.45, 7) is 0.761. The Labute approximate surface area is 110 Å². The van der Waals surface area contributed by atoms with E-state index in [1.54, 1.807) is 12.1 Å². The lowest BCUT2D eigenvalue weighted by Crippen LogP contribution is -2.51. The highest BCUT2D eigenvalue weighted by atomic mass is 19.1. The lowest BCUT2D eigenvalue weighted by Gasteiger charge is -2.33. The Balaban J connectivity index is 2.09. The number of carbonyl (C=O) groups excluding carboxylic acids is 1. The number of carboxylic acid groups (broad SMARTS) is 1. The second-order valence-corrected chi connectivity index (χ2v) is 4.55. The number of carbonyl (C=O) groups is 2. The van der Waals surface area contributed by atoms with E-state index in [0.29, 0.717) is 19.5 Å². The first-order valence-electron chi connectivity index (χ1n) is 6.09. The summed E-state index contributed by atoms with van der Waals surface area (Å²) in [6, 6.07) is 5.70. The highest BCUT2D eigenvalue weighted by molar-refractivity contribution is 5.92. The van der Waals surface area contributed by atoms with Gasteiger partial charge < -0.3 is 10.4 Å². The van der Waals surface area contributed by atoms with E-state index in [9.17, 15) is 14.0 Å². The van der Waals surface area contributed by atoms with Crippen LogP contribution in [-0.4, -0.2) is 30.2 Å². The van der Waals surface area contributed by atoms with Crippen LogP contribution in [0.3, 0.4) is 0 Å². The molecule has 0 aliphatic carbocycles. The monoisotopic (exact) mass is 266 g/mol. The van der Waals surface area contributed by atoms with Crippen LogP contribution in [0.25, 0.3) is 0 Å². The molecule has 1 heterocycles. The lowest BCUT2D eigenvalue weighted by atomic mass is 10.0. The first-order valence-corrected chi connectivity index (χ1v) is 6.09. The van der Waals surface area contributed by atoms with Gasteiger partial charge in [-0.15, -0.1) is 0 Å². The fourth-order valence-corrected chi connectivity index (χ4v) is 2.13. The van der Waals surface area contributed by atoms with E-state index < -0.39 is 11.8 Å². The summed E-state index contributed by atoms with van der Waals surface area (Å²) in [6.07, 6.45) is 0.506. The molecule has 5 nitrogen and oxygen atoms in total. The van der Waals surface area contributed by atoms with Crippen molar-refractivity contribution in [3.8, 4) is 0 Å². The SMILES string of the molecule is O=C(O)CCC1CNC(=O)N(c2ccccc2F)C1. The van der Waals surface area contributed by atoms with Crippen molar-refractivity contribution in [3.63, 3.8) is 0 Å². The van der Waals surface area contributed by atoms with E-state index in [-0.39, 0.29) is 24.1 Å². The van der Waals surface area contributed by atoms with E-state index >= 15 is 0 Å². The van der Waals surface area contributed by atoms with Gasteiger partial charge in [0.2, 0.25) is 0 Å². The number of hydrogen-bond donors (Lipinski definition) is 2. The molecule has 1 aliphatic heterocycles. The minimum absolute atomic E-state index is 0.00778. The molecule has 2 rings (SSSR count). The average Bonchev–Trinajstić information content (AvgIpc) is 2.38. The molecule has 0 saturated carbocycles. The molecule has 1 saturated heterocycles. The quantitative estimate of drug-likeness (QED) is 0.873. The van der Waals surface area contributed by atoms with Crippen LogP contribution in [0.1, 0.15) is 12.8 Å². The number of rotatable bonds is 4. The zero-order valence-corrected chi connectivity index (χ0v) is 10.3. The van der Waals surface area contributed by atoms with E-state index in [1.165, 1.54) is 17.0 Å². The molecule has 1 aromatic carbocycles. The number of carboxylic acids is 1. The summed E-state index contributed by atoms with van der Waals surface area (Å²) in [4.78, 5) is 23.6. The van der Waals surface area contributed by atoms with Crippen molar-refractivity contribution >= 4 is 17.7 Å². The number of aliphatic carboxylic acids is 1. The summed E-state index contributed by atoms with van der Waals surface area (Å²) in [5, 5.41) is 11.3. The molecule has 0 spiro atoms. The highest BCUT2D eigenvalue weighted by Gasteiger charge is 2.28. The first-order chi connectivity index (χ1) is 9.08. The molecule has 102 valence electrons. The average molecular weight is 266 g/mol. The van der Waals surface area contributed by atoms with Gasteiger partial charge in [-0.1, -0.05) is 12.1 Å². The molecule has 19 heavy (non-hydrogen) atoms. The maximum atomic E-state index is 13.7. The summed E-state index contributed by atoms with van der Waals surface area (Å²) in [7, 11) is 0. The number of benzene rings is 1. The first kappa shape index (κ1) is 13.3. The summed E-state index contributed by atoms with van der Waals surface area (Å²) < 4.78 is 13.7. The topological polar surface area (TPSA) is 69.6 Å². The molecular weight excluding hydrogens is 251 g/mol. The highest BCUT2D eigenvalue weighted by Crippen LogP contribution is 2.23. The van der Waals surface area contributed by atoms with Crippen molar-refractivity contribution in [2.24, 2.45) is 5.92 Å². The number of nitrogens with zero attached hydrogens (tertiary/aromatic N) is 1. The number of halogens is 1. The molecule has 1 fully saturated rings. The molecular formula is C13H15FN2O3. The number of amides is 2. The second-order valence-electron chi connectivity index (χ2n) is 4.55. The molecule has 6 heteroatoms. The van der Waals surface area contributed by atoms with Crippen molar-refractivity contribution in [3.05, 3.63) is 30.1 Å². The predicted octanol–water partition coefficient (Wildman–Crippen LogP) is 1.84. The van der Waals surface area contributed by atoms with Crippen LogP contribution in [0, 0.1) is 11.7 Å². The van der Waals surface area contributed by atoms with E-state index in [0.717, 1.165) is 0 Å². The minimum atomic E-state index is -0.866. The Kier molecular flexibility index (Phi) is 3.99. The number of nitrogens with one attached hydrogen (secondary N) is 1. The van der Waals surface area contributed by atoms with Gasteiger partial charge in [0.15, 0.2) is 0 Å².